The molecular weight excluding hydrogens is 566 g/mol. The van der Waals surface area contributed by atoms with E-state index < -0.39 is 6.09 Å². The molecule has 0 saturated carbocycles. The van der Waals surface area contributed by atoms with Crippen LogP contribution in [0.3, 0.4) is 0 Å². The fraction of sp³-hybridized carbons (Fsp3) is 0.412. The number of hydrogen-bond acceptors (Lipinski definition) is 9. The Kier molecular flexibility index (Phi) is 14.6. The number of esters is 1. The molecule has 4 rings (SSSR count). The Balaban J connectivity index is 0.884. The topological polar surface area (TPSA) is 111 Å². The molecule has 0 unspecified atom stereocenters. The second-order valence-corrected chi connectivity index (χ2v) is 9.82. The van der Waals surface area contributed by atoms with Gasteiger partial charge in [0.1, 0.15) is 13.2 Å². The summed E-state index contributed by atoms with van der Waals surface area (Å²) in [6.07, 6.45) is -0.456. The minimum absolute atomic E-state index is 0.0362. The predicted octanol–water partition coefficient (Wildman–Crippen LogP) is 4.47. The Morgan fingerprint density at radius 2 is 0.977 bits per heavy atom. The molecule has 44 heavy (non-hydrogen) atoms. The van der Waals surface area contributed by atoms with Crippen LogP contribution < -0.4 is 5.32 Å². The number of fused-ring (bicyclic) bond motifs is 3. The van der Waals surface area contributed by atoms with Crippen LogP contribution in [-0.2, 0) is 33.2 Å². The number of amides is 1. The number of rotatable bonds is 21. The van der Waals surface area contributed by atoms with Crippen molar-refractivity contribution in [1.29, 1.82) is 0 Å². The Labute approximate surface area is 258 Å². The van der Waals surface area contributed by atoms with Crippen LogP contribution in [0.4, 0.5) is 4.79 Å². The van der Waals surface area contributed by atoms with Gasteiger partial charge in [-0.1, -0.05) is 66.7 Å². The normalized spacial score (nSPS) is 12.0. The lowest BCUT2D eigenvalue weighted by Gasteiger charge is -2.14. The molecular formula is C34H41NO9. The first-order valence-corrected chi connectivity index (χ1v) is 14.9. The number of alkyl carbamates (subject to hydrolysis) is 1. The highest BCUT2D eigenvalue weighted by atomic mass is 16.6. The molecule has 1 aliphatic carbocycles. The number of hydrogen-bond donors (Lipinski definition) is 1. The lowest BCUT2D eigenvalue weighted by Crippen LogP contribution is -2.29. The van der Waals surface area contributed by atoms with Crippen molar-refractivity contribution in [3.63, 3.8) is 0 Å². The van der Waals surface area contributed by atoms with Crippen molar-refractivity contribution in [3.05, 3.63) is 95.6 Å². The van der Waals surface area contributed by atoms with Gasteiger partial charge in [-0.2, -0.15) is 0 Å². The molecule has 0 aliphatic heterocycles. The fourth-order valence-corrected chi connectivity index (χ4v) is 4.71. The molecule has 0 heterocycles. The summed E-state index contributed by atoms with van der Waals surface area (Å²) in [5.74, 6) is -0.325. The summed E-state index contributed by atoms with van der Waals surface area (Å²) in [4.78, 5) is 24.0. The maximum atomic E-state index is 12.2. The second-order valence-electron chi connectivity index (χ2n) is 9.82. The van der Waals surface area contributed by atoms with Crippen LogP contribution in [-0.4, -0.2) is 97.9 Å². The molecule has 1 aliphatic rings. The van der Waals surface area contributed by atoms with Gasteiger partial charge in [0.05, 0.1) is 71.6 Å². The average Bonchev–Trinajstić information content (AvgIpc) is 3.38. The first-order valence-electron chi connectivity index (χ1n) is 14.9. The van der Waals surface area contributed by atoms with Gasteiger partial charge in [0.15, 0.2) is 0 Å². The number of nitrogens with one attached hydrogen (secondary N) is 1. The summed E-state index contributed by atoms with van der Waals surface area (Å²) in [5.41, 5.74) is 5.28. The van der Waals surface area contributed by atoms with Crippen LogP contribution in [0.2, 0.25) is 0 Å². The zero-order chi connectivity index (χ0) is 30.7. The maximum absolute atomic E-state index is 12.2. The van der Waals surface area contributed by atoms with E-state index in [2.05, 4.69) is 29.6 Å². The fourth-order valence-electron chi connectivity index (χ4n) is 4.71. The zero-order valence-corrected chi connectivity index (χ0v) is 24.9. The molecule has 236 valence electrons. The number of benzene rings is 3. The summed E-state index contributed by atoms with van der Waals surface area (Å²) in [7, 11) is 0. The van der Waals surface area contributed by atoms with Gasteiger partial charge in [-0.25, -0.2) is 9.59 Å². The first-order chi connectivity index (χ1) is 21.7. The van der Waals surface area contributed by atoms with Crippen molar-refractivity contribution in [1.82, 2.24) is 5.32 Å². The van der Waals surface area contributed by atoms with E-state index in [1.165, 1.54) is 22.3 Å². The van der Waals surface area contributed by atoms with Crippen molar-refractivity contribution in [2.24, 2.45) is 0 Å². The molecule has 1 amide bonds. The van der Waals surface area contributed by atoms with Gasteiger partial charge in [-0.15, -0.1) is 0 Å². The Morgan fingerprint density at radius 1 is 0.523 bits per heavy atom. The van der Waals surface area contributed by atoms with Crippen molar-refractivity contribution >= 4 is 12.1 Å². The van der Waals surface area contributed by atoms with E-state index in [4.69, 9.17) is 33.2 Å². The zero-order valence-electron chi connectivity index (χ0n) is 24.9. The summed E-state index contributed by atoms with van der Waals surface area (Å²) in [5, 5.41) is 2.73. The molecule has 0 radical (unpaired) electrons. The Hall–Kier alpha value is -3.80. The van der Waals surface area contributed by atoms with E-state index in [0.717, 1.165) is 0 Å². The minimum Gasteiger partial charge on any atom is -0.460 e. The van der Waals surface area contributed by atoms with E-state index in [9.17, 15) is 9.59 Å². The molecule has 0 saturated heterocycles. The Bertz CT molecular complexity index is 1220. The van der Waals surface area contributed by atoms with Crippen molar-refractivity contribution in [2.75, 3.05) is 85.8 Å². The van der Waals surface area contributed by atoms with E-state index in [-0.39, 0.29) is 25.1 Å². The molecule has 10 heteroatoms. The molecule has 0 bridgehead atoms. The maximum Gasteiger partial charge on any atom is 0.407 e. The van der Waals surface area contributed by atoms with Crippen LogP contribution in [0.15, 0.2) is 78.9 Å². The van der Waals surface area contributed by atoms with Gasteiger partial charge in [-0.05, 0) is 34.4 Å². The second kappa shape index (κ2) is 19.5. The highest BCUT2D eigenvalue weighted by molar-refractivity contribution is 5.89. The average molecular weight is 608 g/mol. The summed E-state index contributed by atoms with van der Waals surface area (Å²) in [6, 6.07) is 25.3. The molecule has 0 spiro atoms. The highest BCUT2D eigenvalue weighted by Gasteiger charge is 2.28. The third-order valence-corrected chi connectivity index (χ3v) is 6.82. The largest absolute Gasteiger partial charge is 0.460 e. The molecule has 3 aromatic rings. The van der Waals surface area contributed by atoms with Crippen molar-refractivity contribution in [3.8, 4) is 11.1 Å². The summed E-state index contributed by atoms with van der Waals surface area (Å²) < 4.78 is 37.9. The SMILES string of the molecule is O=C(NCCOCCOCCOCCOCCOCCOC(=O)c1ccccc1)OCC1c2ccccc2-c2ccccc21. The number of carbonyl (C=O) groups excluding carboxylic acids is 2. The lowest BCUT2D eigenvalue weighted by molar-refractivity contribution is -0.0150. The van der Waals surface area contributed by atoms with Crippen LogP contribution in [0.25, 0.3) is 11.1 Å². The molecule has 0 fully saturated rings. The third-order valence-electron chi connectivity index (χ3n) is 6.82. The first kappa shape index (κ1) is 33.1. The van der Waals surface area contributed by atoms with Gasteiger partial charge in [0.25, 0.3) is 0 Å². The monoisotopic (exact) mass is 607 g/mol. The van der Waals surface area contributed by atoms with Gasteiger partial charge in [0.2, 0.25) is 0 Å². The highest BCUT2D eigenvalue weighted by Crippen LogP contribution is 2.44. The molecule has 0 atom stereocenters. The number of carbonyl (C=O) groups is 2. The standard InChI is InChI=1S/C34H41NO9/c36-33(27-8-2-1-3-9-27)43-25-24-42-23-22-41-21-20-40-19-18-39-17-16-38-15-14-35-34(37)44-26-32-30-12-6-4-10-28(30)29-11-5-7-13-31(29)32/h1-13,32H,14-26H2,(H,35,37). The van der Waals surface area contributed by atoms with Crippen LogP contribution in [0.5, 0.6) is 0 Å². The van der Waals surface area contributed by atoms with Gasteiger partial charge < -0.3 is 38.5 Å². The van der Waals surface area contributed by atoms with Crippen molar-refractivity contribution in [2.45, 2.75) is 5.92 Å². The molecule has 3 aromatic carbocycles. The molecule has 10 nitrogen and oxygen atoms in total. The third kappa shape index (κ3) is 11.0. The Morgan fingerprint density at radius 3 is 1.52 bits per heavy atom. The van der Waals surface area contributed by atoms with E-state index in [0.29, 0.717) is 78.2 Å². The van der Waals surface area contributed by atoms with Gasteiger partial charge >= 0.3 is 12.1 Å². The quantitative estimate of drug-likeness (QED) is 0.139. The number of ether oxygens (including phenoxy) is 7. The van der Waals surface area contributed by atoms with E-state index in [1.807, 2.05) is 30.3 Å². The van der Waals surface area contributed by atoms with E-state index in [1.54, 1.807) is 24.3 Å². The van der Waals surface area contributed by atoms with Crippen LogP contribution in [0, 0.1) is 0 Å². The molecule has 1 N–H and O–H groups in total. The van der Waals surface area contributed by atoms with E-state index >= 15 is 0 Å². The van der Waals surface area contributed by atoms with Gasteiger partial charge in [0, 0.05) is 12.5 Å². The minimum atomic E-state index is -0.456. The molecule has 0 aromatic heterocycles. The van der Waals surface area contributed by atoms with Crippen molar-refractivity contribution < 1.29 is 42.7 Å². The van der Waals surface area contributed by atoms with Gasteiger partial charge in [-0.3, -0.25) is 0 Å². The summed E-state index contributed by atoms with van der Waals surface area (Å²) >= 11 is 0. The lowest BCUT2D eigenvalue weighted by atomic mass is 9.98. The predicted molar refractivity (Wildman–Crippen MR) is 164 cm³/mol. The summed E-state index contributed by atoms with van der Waals surface area (Å²) in [6.45, 7) is 5.01. The van der Waals surface area contributed by atoms with Crippen LogP contribution in [0.1, 0.15) is 27.4 Å². The van der Waals surface area contributed by atoms with Crippen LogP contribution >= 0.6 is 0 Å². The smallest absolute Gasteiger partial charge is 0.407 e.